The summed E-state index contributed by atoms with van der Waals surface area (Å²) in [7, 11) is 0. The van der Waals surface area contributed by atoms with Crippen LogP contribution in [0.2, 0.25) is 0 Å². The van der Waals surface area contributed by atoms with Crippen LogP contribution in [0.5, 0.6) is 0 Å². The third kappa shape index (κ3) is 4.11. The first-order valence-corrected chi connectivity index (χ1v) is 6.22. The predicted octanol–water partition coefficient (Wildman–Crippen LogP) is 2.38. The fourth-order valence-corrected chi connectivity index (χ4v) is 1.84. The average Bonchev–Trinajstić information content (AvgIpc) is 2.28. The van der Waals surface area contributed by atoms with Crippen LogP contribution in [0.25, 0.3) is 0 Å². The van der Waals surface area contributed by atoms with Crippen molar-refractivity contribution < 1.29 is 9.18 Å². The second-order valence-electron chi connectivity index (χ2n) is 4.99. The van der Waals surface area contributed by atoms with Crippen molar-refractivity contribution in [3.8, 4) is 0 Å². The molecule has 0 saturated carbocycles. The van der Waals surface area contributed by atoms with Gasteiger partial charge in [-0.05, 0) is 25.3 Å². The first kappa shape index (κ1) is 14.6. The Balaban J connectivity index is 2.62. The number of halogens is 1. The number of benzene rings is 1. The molecule has 0 aliphatic carbocycles. The molecule has 3 nitrogen and oxygen atoms in total. The van der Waals surface area contributed by atoms with E-state index >= 15 is 0 Å². The lowest BCUT2D eigenvalue weighted by Crippen LogP contribution is -2.42. The Hall–Kier alpha value is -1.42. The minimum absolute atomic E-state index is 0.237. The van der Waals surface area contributed by atoms with Crippen molar-refractivity contribution in [3.63, 3.8) is 0 Å². The molecule has 1 aromatic carbocycles. The Morgan fingerprint density at radius 1 is 1.33 bits per heavy atom. The van der Waals surface area contributed by atoms with Gasteiger partial charge in [-0.3, -0.25) is 4.79 Å². The van der Waals surface area contributed by atoms with E-state index in [9.17, 15) is 9.18 Å². The molecule has 3 N–H and O–H groups in total. The van der Waals surface area contributed by atoms with Gasteiger partial charge in [0.1, 0.15) is 5.82 Å². The molecule has 1 amide bonds. The number of amides is 1. The van der Waals surface area contributed by atoms with Crippen molar-refractivity contribution in [3.05, 3.63) is 35.6 Å². The smallest absolute Gasteiger partial charge is 0.237 e. The van der Waals surface area contributed by atoms with Crippen LogP contribution < -0.4 is 11.1 Å². The lowest BCUT2D eigenvalue weighted by molar-refractivity contribution is -0.123. The maximum absolute atomic E-state index is 13.5. The van der Waals surface area contributed by atoms with Gasteiger partial charge in [-0.2, -0.15) is 0 Å². The molecule has 0 heterocycles. The molecule has 1 rings (SSSR count). The van der Waals surface area contributed by atoms with E-state index in [4.69, 9.17) is 5.73 Å². The topological polar surface area (TPSA) is 55.1 Å². The molecule has 0 saturated heterocycles. The lowest BCUT2D eigenvalue weighted by Gasteiger charge is -2.19. The van der Waals surface area contributed by atoms with E-state index in [-0.39, 0.29) is 17.8 Å². The minimum Gasteiger partial charge on any atom is -0.348 e. The standard InChI is InChI=1S/C14H21FN2O/c1-9(2)8-13(16)14(18)17-10(3)11-6-4-5-7-12(11)15/h4-7,9-10,13H,8,16H2,1-3H3,(H,17,18)/t10-,13-/m1/s1. The summed E-state index contributed by atoms with van der Waals surface area (Å²) in [6.45, 7) is 5.76. The lowest BCUT2D eigenvalue weighted by atomic mass is 10.0. The van der Waals surface area contributed by atoms with Crippen molar-refractivity contribution in [2.75, 3.05) is 0 Å². The zero-order valence-electron chi connectivity index (χ0n) is 11.1. The Morgan fingerprint density at radius 3 is 2.50 bits per heavy atom. The first-order chi connectivity index (χ1) is 8.41. The Morgan fingerprint density at radius 2 is 1.94 bits per heavy atom. The second kappa shape index (κ2) is 6.50. The van der Waals surface area contributed by atoms with Gasteiger partial charge in [0.25, 0.3) is 0 Å². The molecule has 2 atom stereocenters. The molecule has 0 spiro atoms. The highest BCUT2D eigenvalue weighted by Gasteiger charge is 2.18. The second-order valence-corrected chi connectivity index (χ2v) is 4.99. The summed E-state index contributed by atoms with van der Waals surface area (Å²) in [5.74, 6) is -0.197. The summed E-state index contributed by atoms with van der Waals surface area (Å²) >= 11 is 0. The van der Waals surface area contributed by atoms with Crippen LogP contribution in [0, 0.1) is 11.7 Å². The van der Waals surface area contributed by atoms with E-state index < -0.39 is 6.04 Å². The fraction of sp³-hybridized carbons (Fsp3) is 0.500. The molecular weight excluding hydrogens is 231 g/mol. The zero-order chi connectivity index (χ0) is 13.7. The quantitative estimate of drug-likeness (QED) is 0.845. The van der Waals surface area contributed by atoms with Gasteiger partial charge in [-0.1, -0.05) is 32.0 Å². The summed E-state index contributed by atoms with van der Waals surface area (Å²) in [5, 5.41) is 2.74. The number of hydrogen-bond donors (Lipinski definition) is 2. The molecule has 100 valence electrons. The van der Waals surface area contributed by atoms with Crippen molar-refractivity contribution in [2.45, 2.75) is 39.3 Å². The number of nitrogens with two attached hydrogens (primary N) is 1. The largest absolute Gasteiger partial charge is 0.348 e. The number of rotatable bonds is 5. The van der Waals surface area contributed by atoms with Crippen LogP contribution in [0.1, 0.15) is 38.8 Å². The van der Waals surface area contributed by atoms with E-state index in [1.807, 2.05) is 13.8 Å². The molecule has 0 unspecified atom stereocenters. The molecule has 4 heteroatoms. The van der Waals surface area contributed by atoms with Crippen molar-refractivity contribution in [1.82, 2.24) is 5.32 Å². The zero-order valence-corrected chi connectivity index (χ0v) is 11.1. The van der Waals surface area contributed by atoms with Gasteiger partial charge in [0, 0.05) is 5.56 Å². The highest BCUT2D eigenvalue weighted by atomic mass is 19.1. The summed E-state index contributed by atoms with van der Waals surface area (Å²) < 4.78 is 13.5. The molecule has 0 aromatic heterocycles. The van der Waals surface area contributed by atoms with Crippen molar-refractivity contribution in [1.29, 1.82) is 0 Å². The summed E-state index contributed by atoms with van der Waals surface area (Å²) in [6, 6.07) is 5.49. The molecule has 18 heavy (non-hydrogen) atoms. The van der Waals surface area contributed by atoms with Crippen molar-refractivity contribution >= 4 is 5.91 Å². The number of nitrogens with one attached hydrogen (secondary N) is 1. The van der Waals surface area contributed by atoms with Gasteiger partial charge in [-0.15, -0.1) is 0 Å². The van der Waals surface area contributed by atoms with Crippen LogP contribution in [-0.4, -0.2) is 11.9 Å². The van der Waals surface area contributed by atoms with Gasteiger partial charge in [0.2, 0.25) is 5.91 Å². The highest BCUT2D eigenvalue weighted by molar-refractivity contribution is 5.81. The molecule has 0 bridgehead atoms. The van der Waals surface area contributed by atoms with E-state index in [2.05, 4.69) is 5.32 Å². The summed E-state index contributed by atoms with van der Waals surface area (Å²) in [5.41, 5.74) is 6.25. The minimum atomic E-state index is -0.542. The Kier molecular flexibility index (Phi) is 5.28. The molecule has 0 fully saturated rings. The van der Waals surface area contributed by atoms with Crippen molar-refractivity contribution in [2.24, 2.45) is 11.7 Å². The number of carbonyl (C=O) groups is 1. The van der Waals surface area contributed by atoms with Gasteiger partial charge < -0.3 is 11.1 Å². The highest BCUT2D eigenvalue weighted by Crippen LogP contribution is 2.16. The fourth-order valence-electron chi connectivity index (χ4n) is 1.84. The number of hydrogen-bond acceptors (Lipinski definition) is 2. The molecule has 0 radical (unpaired) electrons. The predicted molar refractivity (Wildman–Crippen MR) is 70.4 cm³/mol. The van der Waals surface area contributed by atoms with E-state index in [1.54, 1.807) is 25.1 Å². The van der Waals surface area contributed by atoms with Crippen LogP contribution in [-0.2, 0) is 4.79 Å². The van der Waals surface area contributed by atoms with Crippen LogP contribution in [0.3, 0.4) is 0 Å². The van der Waals surface area contributed by atoms with Crippen LogP contribution >= 0.6 is 0 Å². The maximum atomic E-state index is 13.5. The third-order valence-electron chi connectivity index (χ3n) is 2.79. The third-order valence-corrected chi connectivity index (χ3v) is 2.79. The molecule has 0 aliphatic heterocycles. The summed E-state index contributed by atoms with van der Waals surface area (Å²) in [6.07, 6.45) is 0.621. The Bertz CT molecular complexity index is 407. The van der Waals surface area contributed by atoms with Crippen LogP contribution in [0.4, 0.5) is 4.39 Å². The van der Waals surface area contributed by atoms with E-state index in [0.717, 1.165) is 0 Å². The van der Waals surface area contributed by atoms with Crippen LogP contribution in [0.15, 0.2) is 24.3 Å². The number of carbonyl (C=O) groups excluding carboxylic acids is 1. The molecule has 1 aromatic rings. The summed E-state index contributed by atoms with van der Waals surface area (Å²) in [4.78, 5) is 11.8. The monoisotopic (exact) mass is 252 g/mol. The first-order valence-electron chi connectivity index (χ1n) is 6.22. The van der Waals surface area contributed by atoms with Gasteiger partial charge in [0.15, 0.2) is 0 Å². The Labute approximate surface area is 108 Å². The van der Waals surface area contributed by atoms with Gasteiger partial charge in [0.05, 0.1) is 12.1 Å². The van der Waals surface area contributed by atoms with E-state index in [1.165, 1.54) is 6.07 Å². The normalized spacial score (nSPS) is 14.3. The molecular formula is C14H21FN2O. The maximum Gasteiger partial charge on any atom is 0.237 e. The van der Waals surface area contributed by atoms with E-state index in [0.29, 0.717) is 17.9 Å². The SMILES string of the molecule is CC(C)C[C@@H](N)C(=O)N[C@H](C)c1ccccc1F. The van der Waals surface area contributed by atoms with Gasteiger partial charge >= 0.3 is 0 Å². The average molecular weight is 252 g/mol. The van der Waals surface area contributed by atoms with Gasteiger partial charge in [-0.25, -0.2) is 4.39 Å². The molecule has 0 aliphatic rings.